The second kappa shape index (κ2) is 9.32. The molecule has 0 atom stereocenters. The second-order valence-electron chi connectivity index (χ2n) is 7.00. The molecule has 4 rings (SSSR count). The molecule has 3 aromatic rings. The summed E-state index contributed by atoms with van der Waals surface area (Å²) < 4.78 is 5.52. The molecule has 1 aliphatic heterocycles. The van der Waals surface area contributed by atoms with E-state index in [1.54, 1.807) is 25.1 Å². The van der Waals surface area contributed by atoms with E-state index in [1.165, 1.54) is 4.90 Å². The standard InChI is InChI=1S/C24H21N3O2S2/c1-16-6-5-7-19(12-16)27-23(28)20(26-24(27)30)14-17-9-10-21(29-2)18(13-17)15-31-22-8-3-4-11-25-22/h3-14H,15H2,1-2H3,(H,26,30)/b20-14+. The van der Waals surface area contributed by atoms with Gasteiger partial charge in [0.05, 0.1) is 17.8 Å². The van der Waals surface area contributed by atoms with E-state index >= 15 is 0 Å². The number of rotatable bonds is 6. The molecule has 156 valence electrons. The average Bonchev–Trinajstić information content (AvgIpc) is 3.06. The predicted octanol–water partition coefficient (Wildman–Crippen LogP) is 4.95. The van der Waals surface area contributed by atoms with Crippen molar-refractivity contribution in [3.63, 3.8) is 0 Å². The molecule has 0 unspecified atom stereocenters. The highest BCUT2D eigenvalue weighted by molar-refractivity contribution is 7.98. The molecule has 5 nitrogen and oxygen atoms in total. The quantitative estimate of drug-likeness (QED) is 0.328. The zero-order valence-electron chi connectivity index (χ0n) is 17.2. The monoisotopic (exact) mass is 447 g/mol. The molecule has 31 heavy (non-hydrogen) atoms. The average molecular weight is 448 g/mol. The lowest BCUT2D eigenvalue weighted by Crippen LogP contribution is -2.30. The Morgan fingerprint density at radius 3 is 2.77 bits per heavy atom. The van der Waals surface area contributed by atoms with Crippen molar-refractivity contribution >= 4 is 46.8 Å². The Kier molecular flexibility index (Phi) is 6.34. The van der Waals surface area contributed by atoms with E-state index in [0.717, 1.165) is 33.2 Å². The van der Waals surface area contributed by atoms with E-state index in [0.29, 0.717) is 16.6 Å². The molecule has 0 saturated carbocycles. The first-order valence-corrected chi connectivity index (χ1v) is 11.1. The van der Waals surface area contributed by atoms with Crippen molar-refractivity contribution in [2.75, 3.05) is 12.0 Å². The van der Waals surface area contributed by atoms with Crippen LogP contribution in [0.15, 0.2) is 77.6 Å². The number of carbonyl (C=O) groups excluding carboxylic acids is 1. The van der Waals surface area contributed by atoms with Crippen LogP contribution in [0.25, 0.3) is 6.08 Å². The number of ether oxygens (including phenoxy) is 1. The Hall–Kier alpha value is -3.16. The highest BCUT2D eigenvalue weighted by Gasteiger charge is 2.32. The Morgan fingerprint density at radius 2 is 2.03 bits per heavy atom. The SMILES string of the molecule is COc1ccc(/C=C2/NC(=S)N(c3cccc(C)c3)C2=O)cc1CSc1ccccn1. The van der Waals surface area contributed by atoms with Gasteiger partial charge in [0.2, 0.25) is 0 Å². The van der Waals surface area contributed by atoms with Crippen LogP contribution in [-0.2, 0) is 10.5 Å². The van der Waals surface area contributed by atoms with Crippen molar-refractivity contribution in [1.29, 1.82) is 0 Å². The third-order valence-corrected chi connectivity index (χ3v) is 6.04. The van der Waals surface area contributed by atoms with Crippen LogP contribution in [0.2, 0.25) is 0 Å². The number of amides is 1. The van der Waals surface area contributed by atoms with E-state index in [-0.39, 0.29) is 5.91 Å². The summed E-state index contributed by atoms with van der Waals surface area (Å²) in [7, 11) is 1.66. The number of pyridine rings is 1. The molecule has 1 N–H and O–H groups in total. The van der Waals surface area contributed by atoms with Crippen LogP contribution >= 0.6 is 24.0 Å². The number of carbonyl (C=O) groups is 1. The predicted molar refractivity (Wildman–Crippen MR) is 129 cm³/mol. The number of thioether (sulfide) groups is 1. The fraction of sp³-hybridized carbons (Fsp3) is 0.125. The maximum absolute atomic E-state index is 13.0. The normalized spacial score (nSPS) is 14.8. The van der Waals surface area contributed by atoms with Crippen LogP contribution in [-0.4, -0.2) is 23.1 Å². The van der Waals surface area contributed by atoms with Crippen LogP contribution < -0.4 is 15.0 Å². The van der Waals surface area contributed by atoms with Gasteiger partial charge in [-0.1, -0.05) is 24.3 Å². The lowest BCUT2D eigenvalue weighted by atomic mass is 10.1. The minimum atomic E-state index is -0.171. The Morgan fingerprint density at radius 1 is 1.16 bits per heavy atom. The number of thiocarbonyl (C=S) groups is 1. The molecule has 1 aromatic heterocycles. The molecule has 1 amide bonds. The van der Waals surface area contributed by atoms with Gasteiger partial charge in [0.15, 0.2) is 5.11 Å². The first-order chi connectivity index (χ1) is 15.0. The van der Waals surface area contributed by atoms with Gasteiger partial charge in [-0.25, -0.2) is 4.98 Å². The van der Waals surface area contributed by atoms with E-state index < -0.39 is 0 Å². The van der Waals surface area contributed by atoms with Gasteiger partial charge in [-0.3, -0.25) is 9.69 Å². The molecule has 1 saturated heterocycles. The largest absolute Gasteiger partial charge is 0.496 e. The highest BCUT2D eigenvalue weighted by Crippen LogP contribution is 2.29. The van der Waals surface area contributed by atoms with Gasteiger partial charge in [0.25, 0.3) is 5.91 Å². The van der Waals surface area contributed by atoms with Gasteiger partial charge in [-0.15, -0.1) is 11.8 Å². The van der Waals surface area contributed by atoms with E-state index in [4.69, 9.17) is 17.0 Å². The van der Waals surface area contributed by atoms with E-state index in [9.17, 15) is 4.79 Å². The summed E-state index contributed by atoms with van der Waals surface area (Å²) in [6.07, 6.45) is 3.60. The first kappa shape index (κ1) is 21.1. The molecule has 1 fully saturated rings. The minimum Gasteiger partial charge on any atom is -0.496 e. The molecule has 0 bridgehead atoms. The molecule has 0 radical (unpaired) electrons. The number of hydrogen-bond donors (Lipinski definition) is 1. The second-order valence-corrected chi connectivity index (χ2v) is 8.38. The number of nitrogens with zero attached hydrogens (tertiary/aromatic N) is 2. The van der Waals surface area contributed by atoms with E-state index in [2.05, 4.69) is 10.3 Å². The molecule has 1 aliphatic rings. The summed E-state index contributed by atoms with van der Waals surface area (Å²) in [5, 5.41) is 4.37. The number of aromatic nitrogens is 1. The van der Waals surface area contributed by atoms with Crippen LogP contribution in [0, 0.1) is 6.92 Å². The summed E-state index contributed by atoms with van der Waals surface area (Å²) in [5.74, 6) is 1.33. The van der Waals surface area contributed by atoms with Crippen LogP contribution in [0.3, 0.4) is 0 Å². The number of nitrogens with one attached hydrogen (secondary N) is 1. The minimum absolute atomic E-state index is 0.171. The van der Waals surface area contributed by atoms with Gasteiger partial charge in [0, 0.05) is 17.5 Å². The van der Waals surface area contributed by atoms with Crippen molar-refractivity contribution in [2.45, 2.75) is 17.7 Å². The molecular weight excluding hydrogens is 426 g/mol. The fourth-order valence-electron chi connectivity index (χ4n) is 3.29. The molecule has 0 spiro atoms. The third-order valence-electron chi connectivity index (χ3n) is 4.77. The van der Waals surface area contributed by atoms with Crippen LogP contribution in [0.4, 0.5) is 5.69 Å². The molecule has 0 aliphatic carbocycles. The summed E-state index contributed by atoms with van der Waals surface area (Å²) in [6.45, 7) is 1.99. The number of benzene rings is 2. The zero-order valence-corrected chi connectivity index (χ0v) is 18.8. The Bertz CT molecular complexity index is 1160. The number of methoxy groups -OCH3 is 1. The summed E-state index contributed by atoms with van der Waals surface area (Å²) in [4.78, 5) is 18.9. The topological polar surface area (TPSA) is 54.5 Å². The molecule has 2 aromatic carbocycles. The number of anilines is 1. The van der Waals surface area contributed by atoms with Crippen molar-refractivity contribution in [3.8, 4) is 5.75 Å². The maximum Gasteiger partial charge on any atom is 0.281 e. The van der Waals surface area contributed by atoms with Gasteiger partial charge < -0.3 is 10.1 Å². The van der Waals surface area contributed by atoms with Crippen molar-refractivity contribution in [3.05, 3.63) is 89.2 Å². The van der Waals surface area contributed by atoms with Gasteiger partial charge in [-0.05, 0) is 72.7 Å². The fourth-order valence-corrected chi connectivity index (χ4v) is 4.43. The lowest BCUT2D eigenvalue weighted by molar-refractivity contribution is -0.113. The number of hydrogen-bond acceptors (Lipinski definition) is 5. The lowest BCUT2D eigenvalue weighted by Gasteiger charge is -2.14. The summed E-state index contributed by atoms with van der Waals surface area (Å²) in [5.41, 5.74) is 4.18. The summed E-state index contributed by atoms with van der Waals surface area (Å²) >= 11 is 7.05. The first-order valence-electron chi connectivity index (χ1n) is 9.70. The third kappa shape index (κ3) is 4.78. The Labute approximate surface area is 191 Å². The summed E-state index contributed by atoms with van der Waals surface area (Å²) in [6, 6.07) is 19.4. The van der Waals surface area contributed by atoms with Crippen LogP contribution in [0.1, 0.15) is 16.7 Å². The van der Waals surface area contributed by atoms with Crippen molar-refractivity contribution < 1.29 is 9.53 Å². The Balaban J connectivity index is 1.58. The maximum atomic E-state index is 13.0. The van der Waals surface area contributed by atoms with Crippen molar-refractivity contribution in [1.82, 2.24) is 10.3 Å². The van der Waals surface area contributed by atoms with Gasteiger partial charge >= 0.3 is 0 Å². The number of aryl methyl sites for hydroxylation is 1. The highest BCUT2D eigenvalue weighted by atomic mass is 32.2. The molecular formula is C24H21N3O2S2. The van der Waals surface area contributed by atoms with Gasteiger partial charge in [0.1, 0.15) is 11.4 Å². The van der Waals surface area contributed by atoms with Gasteiger partial charge in [-0.2, -0.15) is 0 Å². The molecule has 2 heterocycles. The smallest absolute Gasteiger partial charge is 0.281 e. The van der Waals surface area contributed by atoms with Crippen LogP contribution in [0.5, 0.6) is 5.75 Å². The van der Waals surface area contributed by atoms with E-state index in [1.807, 2.05) is 73.7 Å². The molecule has 7 heteroatoms. The zero-order chi connectivity index (χ0) is 21.8. The van der Waals surface area contributed by atoms with Crippen molar-refractivity contribution in [2.24, 2.45) is 0 Å².